The minimum Gasteiger partial charge on any atom is -0.481 e. The fourth-order valence-electron chi connectivity index (χ4n) is 2.20. The molecular formula is C12H12Br2O3S. The lowest BCUT2D eigenvalue weighted by atomic mass is 9.79. The molecule has 3 unspecified atom stereocenters. The highest BCUT2D eigenvalue weighted by Gasteiger charge is 2.36. The first-order chi connectivity index (χ1) is 8.52. The molecule has 3 atom stereocenters. The lowest BCUT2D eigenvalue weighted by molar-refractivity contribution is -0.145. The van der Waals surface area contributed by atoms with Crippen molar-refractivity contribution in [3.05, 3.63) is 31.4 Å². The Morgan fingerprint density at radius 1 is 1.39 bits per heavy atom. The fourth-order valence-corrected chi connectivity index (χ4v) is 4.48. The first-order valence-electron chi connectivity index (χ1n) is 5.50. The molecule has 1 aliphatic carbocycles. The summed E-state index contributed by atoms with van der Waals surface area (Å²) >= 11 is 8.22. The van der Waals surface area contributed by atoms with Gasteiger partial charge in [-0.1, -0.05) is 12.2 Å². The van der Waals surface area contributed by atoms with Gasteiger partial charge in [0.15, 0.2) is 0 Å². The zero-order valence-electron chi connectivity index (χ0n) is 9.35. The number of thiophene rings is 1. The number of allylic oxidation sites excluding steroid dienone is 2. The molecule has 18 heavy (non-hydrogen) atoms. The van der Waals surface area contributed by atoms with Gasteiger partial charge in [0, 0.05) is 25.1 Å². The molecule has 2 N–H and O–H groups in total. The first-order valence-corrected chi connectivity index (χ1v) is 7.97. The summed E-state index contributed by atoms with van der Waals surface area (Å²) in [6.45, 7) is 0. The van der Waals surface area contributed by atoms with E-state index >= 15 is 0 Å². The van der Waals surface area contributed by atoms with E-state index in [9.17, 15) is 15.0 Å². The van der Waals surface area contributed by atoms with Gasteiger partial charge in [0.2, 0.25) is 0 Å². The maximum atomic E-state index is 11.2. The summed E-state index contributed by atoms with van der Waals surface area (Å²) in [6, 6.07) is 0. The highest BCUT2D eigenvalue weighted by atomic mass is 79.9. The normalized spacial score (nSPS) is 25.1. The van der Waals surface area contributed by atoms with Crippen molar-refractivity contribution >= 4 is 49.2 Å². The Kier molecular flexibility index (Phi) is 4.64. The topological polar surface area (TPSA) is 57.5 Å². The SMILES string of the molecule is O=C(O)C1CC=CCC1C(O)c1scc(Br)c1Br. The van der Waals surface area contributed by atoms with Crippen molar-refractivity contribution in [2.24, 2.45) is 11.8 Å². The van der Waals surface area contributed by atoms with Gasteiger partial charge in [-0.15, -0.1) is 11.3 Å². The number of aliphatic hydroxyl groups is 1. The van der Waals surface area contributed by atoms with Crippen LogP contribution in [0.3, 0.4) is 0 Å². The van der Waals surface area contributed by atoms with Crippen LogP contribution in [-0.4, -0.2) is 16.2 Å². The molecule has 2 rings (SSSR count). The van der Waals surface area contributed by atoms with E-state index in [2.05, 4.69) is 31.9 Å². The highest BCUT2D eigenvalue weighted by molar-refractivity contribution is 9.13. The molecule has 0 saturated heterocycles. The summed E-state index contributed by atoms with van der Waals surface area (Å²) in [7, 11) is 0. The third-order valence-electron chi connectivity index (χ3n) is 3.19. The summed E-state index contributed by atoms with van der Waals surface area (Å²) in [5, 5.41) is 21.5. The molecule has 1 aromatic heterocycles. The van der Waals surface area contributed by atoms with Crippen LogP contribution in [0.15, 0.2) is 26.5 Å². The number of carboxylic acids is 1. The van der Waals surface area contributed by atoms with Gasteiger partial charge < -0.3 is 10.2 Å². The number of halogens is 2. The van der Waals surface area contributed by atoms with Gasteiger partial charge in [0.25, 0.3) is 0 Å². The second-order valence-electron chi connectivity index (χ2n) is 4.26. The molecule has 0 bridgehead atoms. The van der Waals surface area contributed by atoms with E-state index in [1.807, 2.05) is 17.5 Å². The van der Waals surface area contributed by atoms with E-state index in [1.165, 1.54) is 11.3 Å². The van der Waals surface area contributed by atoms with E-state index in [1.54, 1.807) is 0 Å². The molecule has 0 fully saturated rings. The predicted octanol–water partition coefficient (Wildman–Crippen LogP) is 3.97. The third-order valence-corrected chi connectivity index (χ3v) is 6.82. The summed E-state index contributed by atoms with van der Waals surface area (Å²) in [6.07, 6.45) is 4.16. The van der Waals surface area contributed by atoms with Gasteiger partial charge in [-0.3, -0.25) is 4.79 Å². The van der Waals surface area contributed by atoms with Crippen LogP contribution in [0.1, 0.15) is 23.8 Å². The Morgan fingerprint density at radius 2 is 2.06 bits per heavy atom. The average molecular weight is 396 g/mol. The van der Waals surface area contributed by atoms with Crippen LogP contribution in [0.4, 0.5) is 0 Å². The molecule has 0 aromatic carbocycles. The molecule has 0 aliphatic heterocycles. The van der Waals surface area contributed by atoms with Crippen molar-refractivity contribution in [1.29, 1.82) is 0 Å². The standard InChI is InChI=1S/C12H12Br2O3S/c13-8-5-18-11(9(8)14)10(15)6-3-1-2-4-7(6)12(16)17/h1-2,5-7,10,15H,3-4H2,(H,16,17). The predicted molar refractivity (Wildman–Crippen MR) is 77.7 cm³/mol. The Hall–Kier alpha value is -0.170. The van der Waals surface area contributed by atoms with Crippen molar-refractivity contribution in [3.8, 4) is 0 Å². The van der Waals surface area contributed by atoms with Crippen LogP contribution in [0, 0.1) is 11.8 Å². The molecule has 1 aromatic rings. The van der Waals surface area contributed by atoms with Crippen molar-refractivity contribution in [3.63, 3.8) is 0 Å². The smallest absolute Gasteiger partial charge is 0.307 e. The monoisotopic (exact) mass is 394 g/mol. The molecule has 98 valence electrons. The lowest BCUT2D eigenvalue weighted by Crippen LogP contribution is -2.29. The van der Waals surface area contributed by atoms with E-state index in [0.717, 1.165) is 13.8 Å². The number of hydrogen-bond donors (Lipinski definition) is 2. The number of rotatable bonds is 3. The van der Waals surface area contributed by atoms with Crippen molar-refractivity contribution < 1.29 is 15.0 Å². The van der Waals surface area contributed by atoms with Crippen LogP contribution in [0.5, 0.6) is 0 Å². The van der Waals surface area contributed by atoms with Crippen LogP contribution in [0.2, 0.25) is 0 Å². The molecule has 0 saturated carbocycles. The molecule has 0 radical (unpaired) electrons. The summed E-state index contributed by atoms with van der Waals surface area (Å²) in [4.78, 5) is 12.0. The molecule has 3 nitrogen and oxygen atoms in total. The second kappa shape index (κ2) is 5.86. The van der Waals surface area contributed by atoms with E-state index in [0.29, 0.717) is 12.8 Å². The average Bonchev–Trinajstić information content (AvgIpc) is 2.69. The molecule has 1 heterocycles. The zero-order chi connectivity index (χ0) is 13.3. The van der Waals surface area contributed by atoms with Gasteiger partial charge in [-0.2, -0.15) is 0 Å². The second-order valence-corrected chi connectivity index (χ2v) is 6.82. The van der Waals surface area contributed by atoms with Gasteiger partial charge in [-0.05, 0) is 44.7 Å². The molecule has 0 amide bonds. The van der Waals surface area contributed by atoms with Crippen molar-refractivity contribution in [2.75, 3.05) is 0 Å². The van der Waals surface area contributed by atoms with E-state index in [4.69, 9.17) is 0 Å². The van der Waals surface area contributed by atoms with Crippen LogP contribution in [0.25, 0.3) is 0 Å². The zero-order valence-corrected chi connectivity index (χ0v) is 13.3. The number of carbonyl (C=O) groups is 1. The number of aliphatic carboxylic acids is 1. The maximum absolute atomic E-state index is 11.2. The fraction of sp³-hybridized carbons (Fsp3) is 0.417. The Morgan fingerprint density at radius 3 is 2.61 bits per heavy atom. The van der Waals surface area contributed by atoms with Gasteiger partial charge in [0.05, 0.1) is 12.0 Å². The largest absolute Gasteiger partial charge is 0.481 e. The maximum Gasteiger partial charge on any atom is 0.307 e. The minimum atomic E-state index is -0.838. The summed E-state index contributed by atoms with van der Waals surface area (Å²) in [5.74, 6) is -1.62. The quantitative estimate of drug-likeness (QED) is 0.761. The van der Waals surface area contributed by atoms with Gasteiger partial charge in [0.1, 0.15) is 0 Å². The Bertz CT molecular complexity index is 484. The Labute approximate surface area is 126 Å². The molecule has 1 aliphatic rings. The number of carboxylic acid groups (broad SMARTS) is 1. The van der Waals surface area contributed by atoms with Crippen molar-refractivity contribution in [1.82, 2.24) is 0 Å². The summed E-state index contributed by atoms with van der Waals surface area (Å²) in [5.41, 5.74) is 0. The van der Waals surface area contributed by atoms with Crippen molar-refractivity contribution in [2.45, 2.75) is 18.9 Å². The van der Waals surface area contributed by atoms with Crippen LogP contribution < -0.4 is 0 Å². The van der Waals surface area contributed by atoms with Crippen LogP contribution >= 0.6 is 43.2 Å². The molecule has 6 heteroatoms. The molecular weight excluding hydrogens is 384 g/mol. The highest BCUT2D eigenvalue weighted by Crippen LogP contribution is 2.43. The summed E-state index contributed by atoms with van der Waals surface area (Å²) < 4.78 is 1.71. The van der Waals surface area contributed by atoms with Gasteiger partial charge in [-0.25, -0.2) is 0 Å². The number of aliphatic hydroxyl groups excluding tert-OH is 1. The number of hydrogen-bond acceptors (Lipinski definition) is 3. The van der Waals surface area contributed by atoms with E-state index in [-0.39, 0.29) is 5.92 Å². The van der Waals surface area contributed by atoms with Gasteiger partial charge >= 0.3 is 5.97 Å². The van der Waals surface area contributed by atoms with Crippen LogP contribution in [-0.2, 0) is 4.79 Å². The minimum absolute atomic E-state index is 0.269. The lowest BCUT2D eigenvalue weighted by Gasteiger charge is -2.29. The van der Waals surface area contributed by atoms with E-state index < -0.39 is 18.0 Å². The first kappa shape index (κ1) is 14.2. The molecule has 0 spiro atoms. The third kappa shape index (κ3) is 2.71. The Balaban J connectivity index is 2.27.